The molecule has 0 aromatic carbocycles. The molecule has 0 heterocycles. The number of hydrogen-bond donors (Lipinski definition) is 1. The topological polar surface area (TPSA) is 58.9 Å². The number of Topliss-reactive ketones (excluding diaryl/α,β-unsaturated/α-hetero) is 1. The molecule has 16 heavy (non-hydrogen) atoms. The molecule has 1 aliphatic carbocycles. The molecule has 4 nitrogen and oxygen atoms in total. The highest BCUT2D eigenvalue weighted by atomic mass is 16.6. The van der Waals surface area contributed by atoms with Gasteiger partial charge in [-0.15, -0.1) is 0 Å². The van der Waals surface area contributed by atoms with Crippen molar-refractivity contribution >= 4 is 12.0 Å². The Kier molecular flexibility index (Phi) is 3.88. The fourth-order valence-corrected chi connectivity index (χ4v) is 1.63. The van der Waals surface area contributed by atoms with Crippen LogP contribution < -0.4 is 0 Å². The predicted molar refractivity (Wildman–Crippen MR) is 62.3 cm³/mol. The first-order valence-corrected chi connectivity index (χ1v) is 5.18. The first-order chi connectivity index (χ1) is 7.46. The lowest BCUT2D eigenvalue weighted by Gasteiger charge is -2.28. The number of nitrogens with zero attached hydrogens (tertiary/aromatic N) is 1. The predicted octanol–water partition coefficient (Wildman–Crippen LogP) is 2.38. The van der Waals surface area contributed by atoms with Crippen molar-refractivity contribution in [3.63, 3.8) is 0 Å². The van der Waals surface area contributed by atoms with Crippen LogP contribution in [0.15, 0.2) is 29.1 Å². The quantitative estimate of drug-likeness (QED) is 0.344. The second-order valence-corrected chi connectivity index (χ2v) is 4.62. The summed E-state index contributed by atoms with van der Waals surface area (Å²) in [5.74, 6) is -0.00749. The average Bonchev–Trinajstić information content (AvgIpc) is 2.13. The molecule has 4 heteroatoms. The monoisotopic (exact) mass is 223 g/mol. The van der Waals surface area contributed by atoms with E-state index in [-0.39, 0.29) is 29.1 Å². The zero-order valence-corrected chi connectivity index (χ0v) is 9.69. The summed E-state index contributed by atoms with van der Waals surface area (Å²) in [5.41, 5.74) is 0.0731. The SMILES string of the molecule is C=CCON=CC1=C(O)CC(C)(C)CC1=O. The van der Waals surface area contributed by atoms with E-state index in [4.69, 9.17) is 4.84 Å². The molecule has 1 aliphatic rings. The molecule has 0 unspecified atom stereocenters. The van der Waals surface area contributed by atoms with Crippen LogP contribution in [0, 0.1) is 5.41 Å². The highest BCUT2D eigenvalue weighted by Crippen LogP contribution is 2.34. The fourth-order valence-electron chi connectivity index (χ4n) is 1.63. The smallest absolute Gasteiger partial charge is 0.168 e. The van der Waals surface area contributed by atoms with Crippen LogP contribution in [0.25, 0.3) is 0 Å². The van der Waals surface area contributed by atoms with Crippen molar-refractivity contribution in [2.24, 2.45) is 10.6 Å². The minimum Gasteiger partial charge on any atom is -0.511 e. The second kappa shape index (κ2) is 4.96. The number of aliphatic hydroxyl groups is 1. The highest BCUT2D eigenvalue weighted by Gasteiger charge is 2.32. The maximum absolute atomic E-state index is 11.7. The first-order valence-electron chi connectivity index (χ1n) is 5.18. The Labute approximate surface area is 95.3 Å². The van der Waals surface area contributed by atoms with E-state index in [9.17, 15) is 9.90 Å². The van der Waals surface area contributed by atoms with Gasteiger partial charge in [0.15, 0.2) is 5.78 Å². The molecule has 0 amide bonds. The molecule has 1 N–H and O–H groups in total. The zero-order chi connectivity index (χ0) is 12.2. The van der Waals surface area contributed by atoms with Crippen LogP contribution in [0.3, 0.4) is 0 Å². The van der Waals surface area contributed by atoms with Gasteiger partial charge in [-0.05, 0) is 5.41 Å². The molecule has 0 fully saturated rings. The van der Waals surface area contributed by atoms with E-state index in [1.165, 1.54) is 6.21 Å². The van der Waals surface area contributed by atoms with Gasteiger partial charge in [0.25, 0.3) is 0 Å². The van der Waals surface area contributed by atoms with E-state index in [2.05, 4.69) is 11.7 Å². The van der Waals surface area contributed by atoms with E-state index in [1.807, 2.05) is 13.8 Å². The van der Waals surface area contributed by atoms with Gasteiger partial charge in [0.2, 0.25) is 0 Å². The van der Waals surface area contributed by atoms with Crippen molar-refractivity contribution in [1.29, 1.82) is 0 Å². The summed E-state index contributed by atoms with van der Waals surface area (Å²) in [4.78, 5) is 16.5. The Morgan fingerprint density at radius 2 is 2.25 bits per heavy atom. The van der Waals surface area contributed by atoms with Crippen LogP contribution in [-0.4, -0.2) is 23.7 Å². The lowest BCUT2D eigenvalue weighted by Crippen LogP contribution is -2.26. The lowest BCUT2D eigenvalue weighted by molar-refractivity contribution is -0.117. The van der Waals surface area contributed by atoms with Gasteiger partial charge in [-0.3, -0.25) is 4.79 Å². The molecular weight excluding hydrogens is 206 g/mol. The summed E-state index contributed by atoms with van der Waals surface area (Å²) >= 11 is 0. The van der Waals surface area contributed by atoms with Gasteiger partial charge in [-0.2, -0.15) is 0 Å². The highest BCUT2D eigenvalue weighted by molar-refractivity contribution is 6.14. The Morgan fingerprint density at radius 3 is 2.81 bits per heavy atom. The third-order valence-corrected chi connectivity index (χ3v) is 2.35. The molecule has 0 radical (unpaired) electrons. The maximum atomic E-state index is 11.7. The Balaban J connectivity index is 2.75. The Hall–Kier alpha value is -1.58. The van der Waals surface area contributed by atoms with Crippen molar-refractivity contribution in [3.8, 4) is 0 Å². The van der Waals surface area contributed by atoms with Crippen molar-refractivity contribution in [1.82, 2.24) is 0 Å². The standard InChI is InChI=1S/C12H17NO3/c1-4-5-16-13-8-9-10(14)6-12(2,3)7-11(9)15/h4,8,14H,1,5-7H2,2-3H3. The summed E-state index contributed by atoms with van der Waals surface area (Å²) in [6.07, 6.45) is 3.73. The number of hydrogen-bond acceptors (Lipinski definition) is 4. The van der Waals surface area contributed by atoms with Crippen molar-refractivity contribution in [2.75, 3.05) is 6.61 Å². The number of allylic oxidation sites excluding steroid dienone is 2. The van der Waals surface area contributed by atoms with Crippen LogP contribution in [-0.2, 0) is 9.63 Å². The molecule has 0 bridgehead atoms. The molecule has 0 saturated heterocycles. The minimum absolute atomic E-state index is 0.0900. The van der Waals surface area contributed by atoms with Gasteiger partial charge in [0.1, 0.15) is 12.4 Å². The van der Waals surface area contributed by atoms with Crippen LogP contribution in [0.1, 0.15) is 26.7 Å². The molecule has 0 aromatic heterocycles. The van der Waals surface area contributed by atoms with Crippen LogP contribution in [0.2, 0.25) is 0 Å². The second-order valence-electron chi connectivity index (χ2n) is 4.62. The normalized spacial score (nSPS) is 20.2. The Morgan fingerprint density at radius 1 is 1.56 bits per heavy atom. The zero-order valence-electron chi connectivity index (χ0n) is 9.69. The number of oxime groups is 1. The van der Waals surface area contributed by atoms with E-state index in [0.29, 0.717) is 12.8 Å². The number of carbonyl (C=O) groups is 1. The number of ketones is 1. The third-order valence-electron chi connectivity index (χ3n) is 2.35. The summed E-state index contributed by atoms with van der Waals surface area (Å²) in [7, 11) is 0. The third kappa shape index (κ3) is 3.22. The van der Waals surface area contributed by atoms with Crippen molar-refractivity contribution < 1.29 is 14.7 Å². The number of rotatable bonds is 4. The molecule has 0 aromatic rings. The molecule has 0 saturated carbocycles. The van der Waals surface area contributed by atoms with Gasteiger partial charge in [-0.25, -0.2) is 0 Å². The van der Waals surface area contributed by atoms with E-state index < -0.39 is 0 Å². The van der Waals surface area contributed by atoms with Crippen molar-refractivity contribution in [3.05, 3.63) is 24.0 Å². The molecule has 0 aliphatic heterocycles. The average molecular weight is 223 g/mol. The van der Waals surface area contributed by atoms with Crippen molar-refractivity contribution in [2.45, 2.75) is 26.7 Å². The van der Waals surface area contributed by atoms with Crippen LogP contribution >= 0.6 is 0 Å². The summed E-state index contributed by atoms with van der Waals surface area (Å²) < 4.78 is 0. The molecule has 88 valence electrons. The van der Waals surface area contributed by atoms with Gasteiger partial charge in [0.05, 0.1) is 11.8 Å². The fraction of sp³-hybridized carbons (Fsp3) is 0.500. The van der Waals surface area contributed by atoms with Crippen LogP contribution in [0.5, 0.6) is 0 Å². The van der Waals surface area contributed by atoms with E-state index in [0.717, 1.165) is 0 Å². The number of aliphatic hydroxyl groups excluding tert-OH is 1. The molecule has 0 atom stereocenters. The number of carbonyl (C=O) groups excluding carboxylic acids is 1. The van der Waals surface area contributed by atoms with Crippen LogP contribution in [0.4, 0.5) is 0 Å². The maximum Gasteiger partial charge on any atom is 0.168 e. The minimum atomic E-state index is -0.180. The van der Waals surface area contributed by atoms with E-state index in [1.54, 1.807) is 6.08 Å². The first kappa shape index (κ1) is 12.5. The van der Waals surface area contributed by atoms with Gasteiger partial charge < -0.3 is 9.94 Å². The van der Waals surface area contributed by atoms with E-state index >= 15 is 0 Å². The Bertz CT molecular complexity index is 353. The van der Waals surface area contributed by atoms with Gasteiger partial charge in [-0.1, -0.05) is 31.7 Å². The van der Waals surface area contributed by atoms with Gasteiger partial charge >= 0.3 is 0 Å². The molecular formula is C12H17NO3. The summed E-state index contributed by atoms with van der Waals surface area (Å²) in [5, 5.41) is 13.3. The summed E-state index contributed by atoms with van der Waals surface area (Å²) in [6.45, 7) is 7.64. The molecule has 0 spiro atoms. The largest absolute Gasteiger partial charge is 0.511 e. The summed E-state index contributed by atoms with van der Waals surface area (Å²) in [6, 6.07) is 0. The molecule has 1 rings (SSSR count). The lowest BCUT2D eigenvalue weighted by atomic mass is 9.77. The van der Waals surface area contributed by atoms with Gasteiger partial charge in [0, 0.05) is 12.8 Å².